The second kappa shape index (κ2) is 5.86. The Morgan fingerprint density at radius 3 is 2.86 bits per heavy atom. The van der Waals surface area contributed by atoms with Crippen molar-refractivity contribution in [2.45, 2.75) is 19.3 Å². The highest BCUT2D eigenvalue weighted by atomic mass is 35.5. The fraction of sp³-hybridized carbons (Fsp3) is 0.316. The van der Waals surface area contributed by atoms with E-state index >= 15 is 0 Å². The molecule has 2 heterocycles. The maximum absolute atomic E-state index is 6.23. The Hall–Kier alpha value is -1.64. The minimum absolute atomic E-state index is 0.571. The van der Waals surface area contributed by atoms with E-state index in [1.807, 2.05) is 18.3 Å². The number of fused-ring (bicyclic) bond motifs is 2. The van der Waals surface area contributed by atoms with E-state index in [-0.39, 0.29) is 0 Å². The second-order valence-corrected chi connectivity index (χ2v) is 6.53. The molecule has 1 aromatic carbocycles. The quantitative estimate of drug-likeness (QED) is 0.874. The van der Waals surface area contributed by atoms with Crippen LogP contribution in [-0.4, -0.2) is 18.1 Å². The maximum Gasteiger partial charge on any atom is 0.0739 e. The average Bonchev–Trinajstić information content (AvgIpc) is 2.72. The molecule has 0 amide bonds. The first-order chi connectivity index (χ1) is 10.8. The summed E-state index contributed by atoms with van der Waals surface area (Å²) in [5.41, 5.74) is 4.07. The van der Waals surface area contributed by atoms with Crippen LogP contribution in [0, 0.1) is 5.92 Å². The molecule has 3 heteroatoms. The Kier molecular flexibility index (Phi) is 3.73. The van der Waals surface area contributed by atoms with Gasteiger partial charge in [-0.3, -0.25) is 4.98 Å². The third-order valence-electron chi connectivity index (χ3n) is 4.74. The van der Waals surface area contributed by atoms with Gasteiger partial charge in [0.1, 0.15) is 0 Å². The Bertz CT molecular complexity index is 820. The van der Waals surface area contributed by atoms with Crippen molar-refractivity contribution in [3.63, 3.8) is 0 Å². The number of nitrogens with zero attached hydrogens (tertiary/aromatic N) is 1. The summed E-state index contributed by atoms with van der Waals surface area (Å²) in [6, 6.07) is 10.5. The largest absolute Gasteiger partial charge is 0.317 e. The smallest absolute Gasteiger partial charge is 0.0739 e. The number of benzene rings is 1. The molecule has 1 aliphatic heterocycles. The van der Waals surface area contributed by atoms with Crippen LogP contribution in [0.25, 0.3) is 11.6 Å². The van der Waals surface area contributed by atoms with Gasteiger partial charge in [-0.2, -0.15) is 0 Å². The first-order valence-electron chi connectivity index (χ1n) is 7.98. The van der Waals surface area contributed by atoms with Crippen molar-refractivity contribution in [3.05, 3.63) is 63.2 Å². The van der Waals surface area contributed by atoms with Crippen molar-refractivity contribution in [2.24, 2.45) is 5.92 Å². The fourth-order valence-corrected chi connectivity index (χ4v) is 3.87. The number of piperidine rings is 1. The minimum atomic E-state index is 0.571. The van der Waals surface area contributed by atoms with E-state index in [1.165, 1.54) is 34.8 Å². The first-order valence-corrected chi connectivity index (χ1v) is 8.35. The standard InChI is InChI=1S/C19H19ClN2/c20-16-5-6-17-15(12-16)4-3-14-2-1-9-22-19(14)18(17)13-7-10-21-11-8-13/h1-3,5-6,9,12-13,21H,4,7-8,10-11H2. The van der Waals surface area contributed by atoms with Gasteiger partial charge in [-0.25, -0.2) is 0 Å². The molecule has 1 N–H and O–H groups in total. The predicted molar refractivity (Wildman–Crippen MR) is 91.2 cm³/mol. The van der Waals surface area contributed by atoms with Crippen LogP contribution in [0.4, 0.5) is 0 Å². The molecule has 112 valence electrons. The van der Waals surface area contributed by atoms with Crippen LogP contribution < -0.4 is 15.9 Å². The van der Waals surface area contributed by atoms with Crippen LogP contribution in [0.5, 0.6) is 0 Å². The van der Waals surface area contributed by atoms with Crippen LogP contribution in [-0.2, 0) is 6.42 Å². The van der Waals surface area contributed by atoms with Gasteiger partial charge in [-0.05, 0) is 78.4 Å². The lowest BCUT2D eigenvalue weighted by Crippen LogP contribution is -2.35. The molecular weight excluding hydrogens is 292 g/mol. The van der Waals surface area contributed by atoms with Gasteiger partial charge in [0.15, 0.2) is 0 Å². The Morgan fingerprint density at radius 2 is 2.00 bits per heavy atom. The molecule has 0 unspecified atom stereocenters. The van der Waals surface area contributed by atoms with E-state index in [4.69, 9.17) is 16.6 Å². The van der Waals surface area contributed by atoms with E-state index in [2.05, 4.69) is 29.6 Å². The molecule has 2 aliphatic rings. The van der Waals surface area contributed by atoms with Crippen LogP contribution >= 0.6 is 11.6 Å². The summed E-state index contributed by atoms with van der Waals surface area (Å²) in [5.74, 6) is 0.571. The van der Waals surface area contributed by atoms with Gasteiger partial charge in [0, 0.05) is 11.2 Å². The molecule has 0 bridgehead atoms. The van der Waals surface area contributed by atoms with E-state index in [0.717, 1.165) is 29.9 Å². The Balaban J connectivity index is 2.01. The number of halogens is 1. The van der Waals surface area contributed by atoms with Crippen LogP contribution in [0.2, 0.25) is 5.02 Å². The Labute approximate surface area is 135 Å². The lowest BCUT2D eigenvalue weighted by molar-refractivity contribution is 0.445. The summed E-state index contributed by atoms with van der Waals surface area (Å²) in [6.07, 6.45) is 7.46. The van der Waals surface area contributed by atoms with Crippen molar-refractivity contribution < 1.29 is 0 Å². The first kappa shape index (κ1) is 14.0. The summed E-state index contributed by atoms with van der Waals surface area (Å²) in [5, 5.41) is 6.69. The molecule has 2 nitrogen and oxygen atoms in total. The summed E-state index contributed by atoms with van der Waals surface area (Å²) in [7, 11) is 0. The fourth-order valence-electron chi connectivity index (χ4n) is 3.67. The van der Waals surface area contributed by atoms with Crippen molar-refractivity contribution >= 4 is 23.3 Å². The summed E-state index contributed by atoms with van der Waals surface area (Å²) < 4.78 is 0. The molecule has 1 aliphatic carbocycles. The lowest BCUT2D eigenvalue weighted by Gasteiger charge is -2.26. The second-order valence-electron chi connectivity index (χ2n) is 6.09. The summed E-state index contributed by atoms with van der Waals surface area (Å²) in [6.45, 7) is 2.17. The van der Waals surface area contributed by atoms with Gasteiger partial charge < -0.3 is 5.32 Å². The van der Waals surface area contributed by atoms with Crippen molar-refractivity contribution in [2.75, 3.05) is 13.1 Å². The van der Waals surface area contributed by atoms with Crippen LogP contribution in [0.1, 0.15) is 24.0 Å². The molecule has 22 heavy (non-hydrogen) atoms. The van der Waals surface area contributed by atoms with Gasteiger partial charge in [-0.1, -0.05) is 29.8 Å². The predicted octanol–water partition coefficient (Wildman–Crippen LogP) is 2.27. The van der Waals surface area contributed by atoms with Gasteiger partial charge in [0.05, 0.1) is 5.35 Å². The van der Waals surface area contributed by atoms with Crippen molar-refractivity contribution in [1.29, 1.82) is 0 Å². The van der Waals surface area contributed by atoms with E-state index in [0.29, 0.717) is 5.92 Å². The SMILES string of the molecule is Clc1ccc2c(c1)CC=c1cccnc1=C2C1CCNCC1. The van der Waals surface area contributed by atoms with Crippen LogP contribution in [0.3, 0.4) is 0 Å². The maximum atomic E-state index is 6.23. The number of hydrogen-bond acceptors (Lipinski definition) is 2. The zero-order valence-corrected chi connectivity index (χ0v) is 13.2. The molecule has 1 aromatic heterocycles. The van der Waals surface area contributed by atoms with E-state index in [9.17, 15) is 0 Å². The monoisotopic (exact) mass is 310 g/mol. The van der Waals surface area contributed by atoms with Gasteiger partial charge in [0.2, 0.25) is 0 Å². The molecule has 2 aromatic rings. The molecule has 0 spiro atoms. The topological polar surface area (TPSA) is 24.9 Å². The highest BCUT2D eigenvalue weighted by Gasteiger charge is 2.23. The van der Waals surface area contributed by atoms with E-state index in [1.54, 1.807) is 0 Å². The number of pyridine rings is 1. The third-order valence-corrected chi connectivity index (χ3v) is 4.98. The number of hydrogen-bond donors (Lipinski definition) is 1. The number of nitrogens with one attached hydrogen (secondary N) is 1. The lowest BCUT2D eigenvalue weighted by atomic mass is 9.83. The van der Waals surface area contributed by atoms with Gasteiger partial charge in [-0.15, -0.1) is 0 Å². The molecule has 4 rings (SSSR count). The van der Waals surface area contributed by atoms with Crippen molar-refractivity contribution in [3.8, 4) is 0 Å². The number of rotatable bonds is 1. The molecule has 0 saturated carbocycles. The van der Waals surface area contributed by atoms with Gasteiger partial charge in [0.25, 0.3) is 0 Å². The molecule has 0 atom stereocenters. The third kappa shape index (κ3) is 2.47. The molecule has 1 fully saturated rings. The highest BCUT2D eigenvalue weighted by Crippen LogP contribution is 2.32. The molecular formula is C19H19ClN2. The molecule has 1 saturated heterocycles. The zero-order valence-electron chi connectivity index (χ0n) is 12.5. The minimum Gasteiger partial charge on any atom is -0.317 e. The summed E-state index contributed by atoms with van der Waals surface area (Å²) >= 11 is 6.23. The average molecular weight is 311 g/mol. The zero-order chi connectivity index (χ0) is 14.9. The molecule has 0 radical (unpaired) electrons. The highest BCUT2D eigenvalue weighted by molar-refractivity contribution is 6.30. The van der Waals surface area contributed by atoms with Crippen molar-refractivity contribution in [1.82, 2.24) is 10.3 Å². The van der Waals surface area contributed by atoms with Crippen LogP contribution in [0.15, 0.2) is 36.5 Å². The summed E-state index contributed by atoms with van der Waals surface area (Å²) in [4.78, 5) is 4.74. The van der Waals surface area contributed by atoms with E-state index < -0.39 is 0 Å². The number of aromatic nitrogens is 1. The van der Waals surface area contributed by atoms with Gasteiger partial charge >= 0.3 is 0 Å². The normalized spacial score (nSPS) is 18.1. The Morgan fingerprint density at radius 1 is 1.14 bits per heavy atom.